The van der Waals surface area contributed by atoms with Gasteiger partial charge in [-0.2, -0.15) is 0 Å². The van der Waals surface area contributed by atoms with Gasteiger partial charge in [0, 0.05) is 0 Å². The van der Waals surface area contributed by atoms with Gasteiger partial charge in [-0.05, 0) is 36.0 Å². The SMILES string of the molecule is CCC(C(C)C(C)C)C1CC1C. The second-order valence-corrected chi connectivity index (χ2v) is 5.05. The first-order chi connectivity index (χ1) is 5.57. The van der Waals surface area contributed by atoms with Crippen LogP contribution in [0.5, 0.6) is 0 Å². The van der Waals surface area contributed by atoms with Crippen molar-refractivity contribution in [3.63, 3.8) is 0 Å². The van der Waals surface area contributed by atoms with Gasteiger partial charge in [0.2, 0.25) is 0 Å². The molecule has 1 aliphatic carbocycles. The van der Waals surface area contributed by atoms with Crippen LogP contribution < -0.4 is 0 Å². The van der Waals surface area contributed by atoms with E-state index in [4.69, 9.17) is 0 Å². The summed E-state index contributed by atoms with van der Waals surface area (Å²) in [5, 5.41) is 0. The van der Waals surface area contributed by atoms with Crippen LogP contribution in [-0.2, 0) is 0 Å². The molecule has 0 radical (unpaired) electrons. The predicted molar refractivity (Wildman–Crippen MR) is 55.1 cm³/mol. The summed E-state index contributed by atoms with van der Waals surface area (Å²) < 4.78 is 0. The molecule has 12 heavy (non-hydrogen) atoms. The molecule has 72 valence electrons. The van der Waals surface area contributed by atoms with Crippen molar-refractivity contribution in [3.8, 4) is 0 Å². The summed E-state index contributed by atoms with van der Waals surface area (Å²) in [5.74, 6) is 4.87. The molecule has 0 N–H and O–H groups in total. The van der Waals surface area contributed by atoms with Crippen molar-refractivity contribution in [2.24, 2.45) is 29.6 Å². The van der Waals surface area contributed by atoms with E-state index in [2.05, 4.69) is 34.6 Å². The highest BCUT2D eigenvalue weighted by Crippen LogP contribution is 2.48. The molecule has 1 aliphatic rings. The minimum atomic E-state index is 0.864. The Morgan fingerprint density at radius 3 is 2.00 bits per heavy atom. The molecule has 0 nitrogen and oxygen atoms in total. The van der Waals surface area contributed by atoms with Crippen LogP contribution in [0.3, 0.4) is 0 Å². The van der Waals surface area contributed by atoms with E-state index in [0.717, 1.165) is 29.6 Å². The normalized spacial score (nSPS) is 33.5. The van der Waals surface area contributed by atoms with Crippen molar-refractivity contribution in [3.05, 3.63) is 0 Å². The lowest BCUT2D eigenvalue weighted by Gasteiger charge is -2.26. The highest BCUT2D eigenvalue weighted by atomic mass is 14.5. The van der Waals surface area contributed by atoms with Crippen molar-refractivity contribution < 1.29 is 0 Å². The Kier molecular flexibility index (Phi) is 3.20. The molecular formula is C12H24. The van der Waals surface area contributed by atoms with Gasteiger partial charge >= 0.3 is 0 Å². The molecule has 0 aromatic carbocycles. The van der Waals surface area contributed by atoms with Gasteiger partial charge in [-0.25, -0.2) is 0 Å². The van der Waals surface area contributed by atoms with Crippen molar-refractivity contribution in [1.29, 1.82) is 0 Å². The van der Waals surface area contributed by atoms with Crippen LogP contribution >= 0.6 is 0 Å². The Labute approximate surface area is 77.7 Å². The largest absolute Gasteiger partial charge is 0.0651 e. The van der Waals surface area contributed by atoms with Gasteiger partial charge in [0.25, 0.3) is 0 Å². The minimum Gasteiger partial charge on any atom is -0.0651 e. The molecule has 0 aromatic heterocycles. The van der Waals surface area contributed by atoms with Gasteiger partial charge < -0.3 is 0 Å². The lowest BCUT2D eigenvalue weighted by atomic mass is 9.80. The molecular weight excluding hydrogens is 144 g/mol. The molecule has 0 saturated heterocycles. The summed E-state index contributed by atoms with van der Waals surface area (Å²) in [7, 11) is 0. The van der Waals surface area contributed by atoms with E-state index < -0.39 is 0 Å². The summed E-state index contributed by atoms with van der Waals surface area (Å²) in [6.07, 6.45) is 2.88. The number of hydrogen-bond acceptors (Lipinski definition) is 0. The van der Waals surface area contributed by atoms with Crippen LogP contribution in [0.25, 0.3) is 0 Å². The van der Waals surface area contributed by atoms with Gasteiger partial charge in [-0.1, -0.05) is 41.0 Å². The summed E-state index contributed by atoms with van der Waals surface area (Å²) in [4.78, 5) is 0. The minimum absolute atomic E-state index is 0.864. The third-order valence-electron chi connectivity index (χ3n) is 3.92. The quantitative estimate of drug-likeness (QED) is 0.596. The van der Waals surface area contributed by atoms with Crippen LogP contribution in [0.1, 0.15) is 47.5 Å². The molecule has 0 heteroatoms. The Bertz CT molecular complexity index is 137. The Morgan fingerprint density at radius 2 is 1.75 bits per heavy atom. The standard InChI is InChI=1S/C12H24/c1-6-11(10(5)8(2)3)12-7-9(12)4/h8-12H,6-7H2,1-5H3. The van der Waals surface area contributed by atoms with Crippen LogP contribution in [-0.4, -0.2) is 0 Å². The maximum atomic E-state index is 2.43. The van der Waals surface area contributed by atoms with E-state index in [1.165, 1.54) is 12.8 Å². The van der Waals surface area contributed by atoms with Crippen LogP contribution in [0.2, 0.25) is 0 Å². The molecule has 1 saturated carbocycles. The van der Waals surface area contributed by atoms with Crippen molar-refractivity contribution >= 4 is 0 Å². The molecule has 0 bridgehead atoms. The average molecular weight is 168 g/mol. The van der Waals surface area contributed by atoms with Crippen molar-refractivity contribution in [1.82, 2.24) is 0 Å². The molecule has 0 heterocycles. The zero-order chi connectivity index (χ0) is 9.30. The highest BCUT2D eigenvalue weighted by molar-refractivity contribution is 4.90. The summed E-state index contributed by atoms with van der Waals surface area (Å²) in [6, 6.07) is 0. The van der Waals surface area contributed by atoms with Crippen molar-refractivity contribution in [2.75, 3.05) is 0 Å². The van der Waals surface area contributed by atoms with Gasteiger partial charge in [0.1, 0.15) is 0 Å². The Morgan fingerprint density at radius 1 is 1.25 bits per heavy atom. The lowest BCUT2D eigenvalue weighted by molar-refractivity contribution is 0.234. The summed E-state index contributed by atoms with van der Waals surface area (Å²) in [5.41, 5.74) is 0. The third kappa shape index (κ3) is 2.02. The molecule has 0 spiro atoms. The lowest BCUT2D eigenvalue weighted by Crippen LogP contribution is -2.18. The van der Waals surface area contributed by atoms with E-state index in [9.17, 15) is 0 Å². The average Bonchev–Trinajstić information content (AvgIpc) is 2.68. The Hall–Kier alpha value is 0. The second-order valence-electron chi connectivity index (χ2n) is 5.05. The summed E-state index contributed by atoms with van der Waals surface area (Å²) >= 11 is 0. The highest BCUT2D eigenvalue weighted by Gasteiger charge is 2.40. The fraction of sp³-hybridized carbons (Fsp3) is 1.00. The van der Waals surface area contributed by atoms with Gasteiger partial charge in [-0.3, -0.25) is 0 Å². The van der Waals surface area contributed by atoms with E-state index in [-0.39, 0.29) is 0 Å². The second kappa shape index (κ2) is 3.81. The third-order valence-corrected chi connectivity index (χ3v) is 3.92. The van der Waals surface area contributed by atoms with Crippen LogP contribution in [0, 0.1) is 29.6 Å². The maximum Gasteiger partial charge on any atom is -0.0355 e. The first-order valence-electron chi connectivity index (χ1n) is 5.57. The molecule has 4 unspecified atom stereocenters. The molecule has 0 aromatic rings. The fourth-order valence-corrected chi connectivity index (χ4v) is 2.51. The molecule has 1 fully saturated rings. The molecule has 4 atom stereocenters. The molecule has 0 aliphatic heterocycles. The van der Waals surface area contributed by atoms with E-state index in [1.54, 1.807) is 0 Å². The fourth-order valence-electron chi connectivity index (χ4n) is 2.51. The molecule has 0 amide bonds. The smallest absolute Gasteiger partial charge is 0.0355 e. The number of hydrogen-bond donors (Lipinski definition) is 0. The Balaban J connectivity index is 2.44. The molecule has 1 rings (SSSR count). The number of rotatable bonds is 4. The monoisotopic (exact) mass is 168 g/mol. The van der Waals surface area contributed by atoms with Crippen LogP contribution in [0.15, 0.2) is 0 Å². The first-order valence-corrected chi connectivity index (χ1v) is 5.57. The topological polar surface area (TPSA) is 0 Å². The van der Waals surface area contributed by atoms with Crippen LogP contribution in [0.4, 0.5) is 0 Å². The summed E-state index contributed by atoms with van der Waals surface area (Å²) in [6.45, 7) is 11.9. The maximum absolute atomic E-state index is 2.43. The zero-order valence-electron chi connectivity index (χ0n) is 9.30. The zero-order valence-corrected chi connectivity index (χ0v) is 9.30. The predicted octanol–water partition coefficient (Wildman–Crippen LogP) is 3.96. The van der Waals surface area contributed by atoms with Gasteiger partial charge in [-0.15, -0.1) is 0 Å². The van der Waals surface area contributed by atoms with Gasteiger partial charge in [0.15, 0.2) is 0 Å². The van der Waals surface area contributed by atoms with E-state index in [0.29, 0.717) is 0 Å². The van der Waals surface area contributed by atoms with E-state index >= 15 is 0 Å². The van der Waals surface area contributed by atoms with Gasteiger partial charge in [0.05, 0.1) is 0 Å². The first kappa shape index (κ1) is 10.1. The van der Waals surface area contributed by atoms with Crippen molar-refractivity contribution in [2.45, 2.75) is 47.5 Å². The van der Waals surface area contributed by atoms with E-state index in [1.807, 2.05) is 0 Å².